The van der Waals surface area contributed by atoms with Crippen molar-refractivity contribution in [1.29, 1.82) is 0 Å². The zero-order valence-electron chi connectivity index (χ0n) is 11.5. The molecule has 1 aliphatic rings. The second-order valence-electron chi connectivity index (χ2n) is 4.64. The maximum Gasteiger partial charge on any atom is 0.215 e. The van der Waals surface area contributed by atoms with Gasteiger partial charge in [0.05, 0.1) is 6.61 Å². The van der Waals surface area contributed by atoms with Gasteiger partial charge in [0, 0.05) is 38.1 Å². The van der Waals surface area contributed by atoms with Crippen LogP contribution in [-0.2, 0) is 0 Å². The minimum absolute atomic E-state index is 0.653. The smallest absolute Gasteiger partial charge is 0.215 e. The van der Waals surface area contributed by atoms with Crippen molar-refractivity contribution in [2.75, 3.05) is 50.1 Å². The minimum Gasteiger partial charge on any atom is -0.478 e. The van der Waals surface area contributed by atoms with Gasteiger partial charge in [0.15, 0.2) is 0 Å². The van der Waals surface area contributed by atoms with E-state index in [1.54, 1.807) is 0 Å². The van der Waals surface area contributed by atoms with Crippen LogP contribution >= 0.6 is 11.6 Å². The van der Waals surface area contributed by atoms with Crippen molar-refractivity contribution in [2.45, 2.75) is 13.3 Å². The number of pyridine rings is 1. The van der Waals surface area contributed by atoms with Crippen molar-refractivity contribution >= 4 is 17.4 Å². The van der Waals surface area contributed by atoms with Crippen LogP contribution in [0, 0.1) is 0 Å². The summed E-state index contributed by atoms with van der Waals surface area (Å²) < 4.78 is 5.46. The summed E-state index contributed by atoms with van der Waals surface area (Å²) in [7, 11) is 0. The number of anilines is 1. The SMILES string of the molecule is CCOc1cccc(N2CCCN(CCCl)CC2)n1. The number of hydrogen-bond acceptors (Lipinski definition) is 4. The van der Waals surface area contributed by atoms with Crippen molar-refractivity contribution in [1.82, 2.24) is 9.88 Å². The average Bonchev–Trinajstić information content (AvgIpc) is 2.66. The molecule has 4 nitrogen and oxygen atoms in total. The van der Waals surface area contributed by atoms with E-state index in [0.717, 1.165) is 45.0 Å². The second kappa shape index (κ2) is 7.56. The van der Waals surface area contributed by atoms with Crippen molar-refractivity contribution < 1.29 is 4.74 Å². The topological polar surface area (TPSA) is 28.6 Å². The fourth-order valence-electron chi connectivity index (χ4n) is 2.35. The van der Waals surface area contributed by atoms with Gasteiger partial charge in [-0.3, -0.25) is 0 Å². The summed E-state index contributed by atoms with van der Waals surface area (Å²) in [6.07, 6.45) is 1.15. The zero-order valence-corrected chi connectivity index (χ0v) is 12.3. The first-order valence-corrected chi connectivity index (χ1v) is 7.50. The molecule has 0 aromatic carbocycles. The molecule has 19 heavy (non-hydrogen) atoms. The molecule has 1 saturated heterocycles. The van der Waals surface area contributed by atoms with E-state index < -0.39 is 0 Å². The third-order valence-corrected chi connectivity index (χ3v) is 3.48. The molecule has 0 bridgehead atoms. The Morgan fingerprint density at radius 3 is 2.95 bits per heavy atom. The Kier molecular flexibility index (Phi) is 5.73. The lowest BCUT2D eigenvalue weighted by atomic mass is 10.3. The molecule has 2 rings (SSSR count). The summed E-state index contributed by atoms with van der Waals surface area (Å²) in [5.41, 5.74) is 0. The van der Waals surface area contributed by atoms with Gasteiger partial charge >= 0.3 is 0 Å². The zero-order chi connectivity index (χ0) is 13.5. The predicted octanol–water partition coefficient (Wildman–Crippen LogP) is 2.23. The van der Waals surface area contributed by atoms with Gasteiger partial charge in [0.2, 0.25) is 5.88 Å². The van der Waals surface area contributed by atoms with E-state index in [-0.39, 0.29) is 0 Å². The molecule has 0 saturated carbocycles. The van der Waals surface area contributed by atoms with Gasteiger partial charge in [0.25, 0.3) is 0 Å². The Labute approximate surface area is 120 Å². The lowest BCUT2D eigenvalue weighted by Gasteiger charge is -2.22. The number of rotatable bonds is 5. The first-order valence-electron chi connectivity index (χ1n) is 6.96. The van der Waals surface area contributed by atoms with Gasteiger partial charge in [-0.1, -0.05) is 6.07 Å². The largest absolute Gasteiger partial charge is 0.478 e. The first kappa shape index (κ1) is 14.4. The third kappa shape index (κ3) is 4.25. The standard InChI is InChI=1S/C14H22ClN3O/c1-2-19-14-6-3-5-13(16-14)18-9-4-8-17(10-7-15)11-12-18/h3,5-6H,2,4,7-12H2,1H3. The summed E-state index contributed by atoms with van der Waals surface area (Å²) in [6, 6.07) is 5.97. The molecule has 1 aromatic rings. The Hall–Kier alpha value is -1.00. The van der Waals surface area contributed by atoms with Crippen molar-refractivity contribution in [3.05, 3.63) is 18.2 Å². The molecule has 0 aliphatic carbocycles. The molecule has 5 heteroatoms. The van der Waals surface area contributed by atoms with Crippen LogP contribution in [0.3, 0.4) is 0 Å². The van der Waals surface area contributed by atoms with Gasteiger partial charge in [-0.05, 0) is 26.0 Å². The summed E-state index contributed by atoms with van der Waals surface area (Å²) >= 11 is 5.81. The summed E-state index contributed by atoms with van der Waals surface area (Å²) in [6.45, 7) is 7.81. The molecule has 0 spiro atoms. The van der Waals surface area contributed by atoms with Crippen LogP contribution < -0.4 is 9.64 Å². The number of nitrogens with zero attached hydrogens (tertiary/aromatic N) is 3. The molecule has 1 aliphatic heterocycles. The summed E-state index contributed by atoms with van der Waals surface area (Å²) in [5.74, 6) is 2.43. The Morgan fingerprint density at radius 2 is 2.16 bits per heavy atom. The summed E-state index contributed by atoms with van der Waals surface area (Å²) in [4.78, 5) is 9.30. The average molecular weight is 284 g/mol. The molecule has 0 amide bonds. The van der Waals surface area contributed by atoms with Crippen LogP contribution in [0.5, 0.6) is 5.88 Å². The van der Waals surface area contributed by atoms with Gasteiger partial charge < -0.3 is 14.5 Å². The fraction of sp³-hybridized carbons (Fsp3) is 0.643. The molecule has 0 atom stereocenters. The van der Waals surface area contributed by atoms with E-state index in [2.05, 4.69) is 20.9 Å². The summed E-state index contributed by atoms with van der Waals surface area (Å²) in [5, 5.41) is 0. The highest BCUT2D eigenvalue weighted by atomic mass is 35.5. The van der Waals surface area contributed by atoms with Crippen LogP contribution in [0.4, 0.5) is 5.82 Å². The molecular formula is C14H22ClN3O. The monoisotopic (exact) mass is 283 g/mol. The Bertz CT molecular complexity index is 389. The predicted molar refractivity (Wildman–Crippen MR) is 79.4 cm³/mol. The first-order chi connectivity index (χ1) is 9.33. The van der Waals surface area contributed by atoms with E-state index in [0.29, 0.717) is 18.4 Å². The molecule has 2 heterocycles. The van der Waals surface area contributed by atoms with Crippen LogP contribution in [0.1, 0.15) is 13.3 Å². The van der Waals surface area contributed by atoms with E-state index in [4.69, 9.17) is 16.3 Å². The lowest BCUT2D eigenvalue weighted by Crippen LogP contribution is -2.32. The lowest BCUT2D eigenvalue weighted by molar-refractivity contribution is 0.311. The molecule has 106 valence electrons. The van der Waals surface area contributed by atoms with Crippen molar-refractivity contribution in [3.63, 3.8) is 0 Å². The Morgan fingerprint density at radius 1 is 1.26 bits per heavy atom. The van der Waals surface area contributed by atoms with Crippen molar-refractivity contribution in [2.24, 2.45) is 0 Å². The molecular weight excluding hydrogens is 262 g/mol. The second-order valence-corrected chi connectivity index (χ2v) is 5.02. The van der Waals surface area contributed by atoms with E-state index in [1.165, 1.54) is 0 Å². The molecule has 1 fully saturated rings. The van der Waals surface area contributed by atoms with Gasteiger partial charge in [-0.15, -0.1) is 11.6 Å². The van der Waals surface area contributed by atoms with E-state index in [9.17, 15) is 0 Å². The van der Waals surface area contributed by atoms with Gasteiger partial charge in [-0.2, -0.15) is 4.98 Å². The third-order valence-electron chi connectivity index (χ3n) is 3.31. The number of ether oxygens (including phenoxy) is 1. The van der Waals surface area contributed by atoms with Crippen LogP contribution in [0.2, 0.25) is 0 Å². The van der Waals surface area contributed by atoms with Crippen molar-refractivity contribution in [3.8, 4) is 5.88 Å². The molecule has 0 N–H and O–H groups in total. The van der Waals surface area contributed by atoms with E-state index in [1.807, 2.05) is 19.1 Å². The fourth-order valence-corrected chi connectivity index (χ4v) is 2.59. The van der Waals surface area contributed by atoms with E-state index >= 15 is 0 Å². The van der Waals surface area contributed by atoms with Crippen LogP contribution in [-0.4, -0.2) is 55.1 Å². The Balaban J connectivity index is 1.99. The number of aromatic nitrogens is 1. The van der Waals surface area contributed by atoms with Gasteiger partial charge in [-0.25, -0.2) is 0 Å². The number of hydrogen-bond donors (Lipinski definition) is 0. The van der Waals surface area contributed by atoms with Crippen LogP contribution in [0.25, 0.3) is 0 Å². The highest BCUT2D eigenvalue weighted by molar-refractivity contribution is 6.18. The maximum absolute atomic E-state index is 5.81. The molecule has 1 aromatic heterocycles. The molecule has 0 unspecified atom stereocenters. The quantitative estimate of drug-likeness (QED) is 0.775. The van der Waals surface area contributed by atoms with Gasteiger partial charge in [0.1, 0.15) is 5.82 Å². The highest BCUT2D eigenvalue weighted by Crippen LogP contribution is 2.17. The normalized spacial score (nSPS) is 17.3. The number of alkyl halides is 1. The maximum atomic E-state index is 5.81. The highest BCUT2D eigenvalue weighted by Gasteiger charge is 2.15. The molecule has 0 radical (unpaired) electrons. The van der Waals surface area contributed by atoms with Crippen LogP contribution in [0.15, 0.2) is 18.2 Å². The number of halogens is 1. The minimum atomic E-state index is 0.653.